The van der Waals surface area contributed by atoms with Crippen molar-refractivity contribution in [3.05, 3.63) is 83.8 Å². The third-order valence-corrected chi connectivity index (χ3v) is 4.00. The fourth-order valence-electron chi connectivity index (χ4n) is 2.73. The maximum atomic E-state index is 9.52. The fraction of sp³-hybridized carbons (Fsp3) is 0.200. The number of aliphatic hydroxyl groups excluding tert-OH is 1. The Hall–Kier alpha value is -2.36. The summed E-state index contributed by atoms with van der Waals surface area (Å²) in [5.74, 6) is 0.752. The second kappa shape index (κ2) is 7.27. The Labute approximate surface area is 136 Å². The van der Waals surface area contributed by atoms with Gasteiger partial charge in [-0.2, -0.15) is 0 Å². The lowest BCUT2D eigenvalue weighted by molar-refractivity contribution is 0.225. The maximum absolute atomic E-state index is 9.52. The Morgan fingerprint density at radius 1 is 1.04 bits per heavy atom. The van der Waals surface area contributed by atoms with Crippen molar-refractivity contribution in [3.8, 4) is 11.1 Å². The molecule has 0 amide bonds. The molecular weight excluding hydrogens is 286 g/mol. The van der Waals surface area contributed by atoms with Crippen molar-refractivity contribution in [2.45, 2.75) is 19.5 Å². The predicted octanol–water partition coefficient (Wildman–Crippen LogP) is 4.08. The summed E-state index contributed by atoms with van der Waals surface area (Å²) >= 11 is 0. The van der Waals surface area contributed by atoms with E-state index in [1.54, 1.807) is 6.26 Å². The van der Waals surface area contributed by atoms with E-state index in [9.17, 15) is 5.11 Å². The highest BCUT2D eigenvalue weighted by atomic mass is 16.3. The molecule has 118 valence electrons. The van der Waals surface area contributed by atoms with Gasteiger partial charge in [-0.15, -0.1) is 0 Å². The molecule has 1 unspecified atom stereocenters. The summed E-state index contributed by atoms with van der Waals surface area (Å²) in [5.41, 5.74) is 4.90. The van der Waals surface area contributed by atoms with Crippen LogP contribution in [0, 0.1) is 6.92 Å². The quantitative estimate of drug-likeness (QED) is 0.721. The molecule has 1 aromatic heterocycles. The van der Waals surface area contributed by atoms with Crippen molar-refractivity contribution in [1.29, 1.82) is 0 Å². The summed E-state index contributed by atoms with van der Waals surface area (Å²) in [6, 6.07) is 20.4. The number of aryl methyl sites for hydroxylation is 1. The zero-order valence-electron chi connectivity index (χ0n) is 13.2. The van der Waals surface area contributed by atoms with Crippen LogP contribution in [-0.2, 0) is 6.54 Å². The molecule has 1 atom stereocenters. The van der Waals surface area contributed by atoms with Crippen LogP contribution in [0.3, 0.4) is 0 Å². The summed E-state index contributed by atoms with van der Waals surface area (Å²) < 4.78 is 5.36. The van der Waals surface area contributed by atoms with Gasteiger partial charge in [-0.3, -0.25) is 0 Å². The van der Waals surface area contributed by atoms with Crippen molar-refractivity contribution in [2.75, 3.05) is 6.61 Å². The molecule has 0 aliphatic carbocycles. The number of nitrogens with one attached hydrogen (secondary N) is 1. The third-order valence-electron chi connectivity index (χ3n) is 4.00. The molecule has 0 aliphatic rings. The summed E-state index contributed by atoms with van der Waals surface area (Å²) in [6.45, 7) is 2.80. The van der Waals surface area contributed by atoms with E-state index in [2.05, 4.69) is 60.8 Å². The van der Waals surface area contributed by atoms with Crippen LogP contribution in [0.5, 0.6) is 0 Å². The monoisotopic (exact) mass is 307 g/mol. The van der Waals surface area contributed by atoms with Crippen LogP contribution in [0.1, 0.15) is 22.9 Å². The minimum absolute atomic E-state index is 0.00496. The van der Waals surface area contributed by atoms with E-state index < -0.39 is 0 Å². The lowest BCUT2D eigenvalue weighted by Crippen LogP contribution is -2.23. The summed E-state index contributed by atoms with van der Waals surface area (Å²) in [7, 11) is 0. The number of benzene rings is 2. The molecule has 0 spiro atoms. The average Bonchev–Trinajstić information content (AvgIpc) is 3.11. The van der Waals surface area contributed by atoms with Crippen LogP contribution in [0.4, 0.5) is 0 Å². The van der Waals surface area contributed by atoms with Gasteiger partial charge in [0.15, 0.2) is 0 Å². The standard InChI is InChI=1S/C20H21NO2/c1-15-6-2-3-9-18(15)17-8-4-7-16(12-17)13-21-19(14-22)20-10-5-11-23-20/h2-12,19,21-22H,13-14H2,1H3. The zero-order chi connectivity index (χ0) is 16.1. The van der Waals surface area contributed by atoms with Crippen molar-refractivity contribution in [2.24, 2.45) is 0 Å². The first-order chi connectivity index (χ1) is 11.3. The highest BCUT2D eigenvalue weighted by Gasteiger charge is 2.12. The van der Waals surface area contributed by atoms with Gasteiger partial charge in [0.25, 0.3) is 0 Å². The molecule has 0 saturated heterocycles. The van der Waals surface area contributed by atoms with Crippen LogP contribution in [0.2, 0.25) is 0 Å². The lowest BCUT2D eigenvalue weighted by atomic mass is 9.99. The number of aliphatic hydroxyl groups is 1. The van der Waals surface area contributed by atoms with E-state index in [4.69, 9.17) is 4.42 Å². The van der Waals surface area contributed by atoms with E-state index in [0.29, 0.717) is 6.54 Å². The Morgan fingerprint density at radius 2 is 1.91 bits per heavy atom. The van der Waals surface area contributed by atoms with E-state index in [1.807, 2.05) is 12.1 Å². The van der Waals surface area contributed by atoms with Crippen molar-refractivity contribution >= 4 is 0 Å². The molecule has 2 N–H and O–H groups in total. The van der Waals surface area contributed by atoms with Gasteiger partial charge in [-0.05, 0) is 47.4 Å². The van der Waals surface area contributed by atoms with Crippen LogP contribution in [0.25, 0.3) is 11.1 Å². The Bertz CT molecular complexity index is 750. The maximum Gasteiger partial charge on any atom is 0.123 e. The van der Waals surface area contributed by atoms with Crippen molar-refractivity contribution in [3.63, 3.8) is 0 Å². The molecule has 0 fully saturated rings. The van der Waals surface area contributed by atoms with E-state index in [1.165, 1.54) is 22.3 Å². The Balaban J connectivity index is 1.74. The number of rotatable bonds is 6. The van der Waals surface area contributed by atoms with Gasteiger partial charge in [0.05, 0.1) is 18.9 Å². The molecule has 3 heteroatoms. The summed E-state index contributed by atoms with van der Waals surface area (Å²) in [4.78, 5) is 0. The minimum atomic E-state index is -0.188. The van der Waals surface area contributed by atoms with Crippen molar-refractivity contribution in [1.82, 2.24) is 5.32 Å². The minimum Gasteiger partial charge on any atom is -0.468 e. The van der Waals surface area contributed by atoms with Crippen LogP contribution in [-0.4, -0.2) is 11.7 Å². The number of hydrogen-bond donors (Lipinski definition) is 2. The molecule has 3 nitrogen and oxygen atoms in total. The van der Waals surface area contributed by atoms with Gasteiger partial charge < -0.3 is 14.8 Å². The van der Waals surface area contributed by atoms with E-state index >= 15 is 0 Å². The highest BCUT2D eigenvalue weighted by Crippen LogP contribution is 2.24. The average molecular weight is 307 g/mol. The second-order valence-electron chi connectivity index (χ2n) is 5.65. The third kappa shape index (κ3) is 3.70. The Morgan fingerprint density at radius 3 is 2.65 bits per heavy atom. The van der Waals surface area contributed by atoms with Gasteiger partial charge in [-0.1, -0.05) is 42.5 Å². The van der Waals surface area contributed by atoms with Gasteiger partial charge in [0.2, 0.25) is 0 Å². The molecule has 0 radical (unpaired) electrons. The van der Waals surface area contributed by atoms with Gasteiger partial charge in [0.1, 0.15) is 5.76 Å². The number of hydrogen-bond acceptors (Lipinski definition) is 3. The topological polar surface area (TPSA) is 45.4 Å². The van der Waals surface area contributed by atoms with Crippen LogP contribution >= 0.6 is 0 Å². The highest BCUT2D eigenvalue weighted by molar-refractivity contribution is 5.67. The van der Waals surface area contributed by atoms with Gasteiger partial charge in [0, 0.05) is 6.54 Å². The largest absolute Gasteiger partial charge is 0.468 e. The molecular formula is C20H21NO2. The summed E-state index contributed by atoms with van der Waals surface area (Å²) in [5, 5.41) is 12.9. The molecule has 23 heavy (non-hydrogen) atoms. The molecule has 2 aromatic carbocycles. The molecule has 1 heterocycles. The first kappa shape index (κ1) is 15.5. The van der Waals surface area contributed by atoms with E-state index in [0.717, 1.165) is 5.76 Å². The predicted molar refractivity (Wildman–Crippen MR) is 92.0 cm³/mol. The second-order valence-corrected chi connectivity index (χ2v) is 5.65. The van der Waals surface area contributed by atoms with Gasteiger partial charge >= 0.3 is 0 Å². The first-order valence-electron chi connectivity index (χ1n) is 7.80. The molecule has 3 aromatic rings. The fourth-order valence-corrected chi connectivity index (χ4v) is 2.73. The summed E-state index contributed by atoms with van der Waals surface area (Å²) in [6.07, 6.45) is 1.62. The molecule has 0 saturated carbocycles. The molecule has 0 bridgehead atoms. The lowest BCUT2D eigenvalue weighted by Gasteiger charge is -2.14. The van der Waals surface area contributed by atoms with Crippen molar-refractivity contribution < 1.29 is 9.52 Å². The molecule has 0 aliphatic heterocycles. The smallest absolute Gasteiger partial charge is 0.123 e. The first-order valence-corrected chi connectivity index (χ1v) is 7.80. The normalized spacial score (nSPS) is 12.3. The zero-order valence-corrected chi connectivity index (χ0v) is 13.2. The van der Waals surface area contributed by atoms with Crippen LogP contribution in [0.15, 0.2) is 71.3 Å². The molecule has 3 rings (SSSR count). The van der Waals surface area contributed by atoms with E-state index in [-0.39, 0.29) is 12.6 Å². The number of furan rings is 1. The van der Waals surface area contributed by atoms with Gasteiger partial charge in [-0.25, -0.2) is 0 Å². The van der Waals surface area contributed by atoms with Crippen LogP contribution < -0.4 is 5.32 Å². The Kier molecular flexibility index (Phi) is 4.91. The SMILES string of the molecule is Cc1ccccc1-c1cccc(CNC(CO)c2ccco2)c1.